The molecule has 0 bridgehead atoms. The van der Waals surface area contributed by atoms with Crippen LogP contribution in [0.4, 0.5) is 0 Å². The van der Waals surface area contributed by atoms with Gasteiger partial charge in [-0.05, 0) is 18.2 Å². The first-order valence-electron chi connectivity index (χ1n) is 4.62. The molecule has 18 heavy (non-hydrogen) atoms. The minimum Gasteiger partial charge on any atom is -0.497 e. The predicted molar refractivity (Wildman–Crippen MR) is 66.1 cm³/mol. The second kappa shape index (κ2) is 7.39. The third-order valence-electron chi connectivity index (χ3n) is 1.91. The number of ether oxygens (including phenoxy) is 1. The summed E-state index contributed by atoms with van der Waals surface area (Å²) in [4.78, 5) is 0.0198. The Labute approximate surface area is 106 Å². The maximum atomic E-state index is 11.2. The van der Waals surface area contributed by atoms with Crippen molar-refractivity contribution in [2.24, 2.45) is 0 Å². The molecule has 0 amide bonds. The Morgan fingerprint density at radius 2 is 1.78 bits per heavy atom. The summed E-state index contributed by atoms with van der Waals surface area (Å²) < 4.78 is 27.3. The molecule has 0 saturated heterocycles. The molecule has 1 aromatic carbocycles. The first-order chi connectivity index (χ1) is 8.27. The summed E-state index contributed by atoms with van der Waals surface area (Å²) >= 11 is 0. The molecule has 1 rings (SSSR count). The third kappa shape index (κ3) is 5.07. The molecule has 1 radical (unpaired) electrons. The molecule has 0 aliphatic rings. The number of hydrogen-bond acceptors (Lipinski definition) is 7. The highest BCUT2D eigenvalue weighted by atomic mass is 32.2. The Bertz CT molecular complexity index is 474. The lowest BCUT2D eigenvalue weighted by Crippen LogP contribution is -2.31. The van der Waals surface area contributed by atoms with Crippen molar-refractivity contribution < 1.29 is 33.3 Å². The minimum atomic E-state index is -3.36. The van der Waals surface area contributed by atoms with Crippen molar-refractivity contribution in [3.8, 4) is 5.75 Å². The molecule has 99 valence electrons. The summed E-state index contributed by atoms with van der Waals surface area (Å²) in [7, 11) is -3.76. The van der Waals surface area contributed by atoms with Crippen molar-refractivity contribution in [1.29, 1.82) is 0 Å². The van der Waals surface area contributed by atoms with E-state index in [0.29, 0.717) is 0 Å². The molecule has 0 atom stereocenters. The van der Waals surface area contributed by atoms with Crippen LogP contribution in [0.15, 0.2) is 23.1 Å². The fourth-order valence-corrected chi connectivity index (χ4v) is 1.80. The topological polar surface area (TPSA) is 124 Å². The molecule has 0 fully saturated rings. The largest absolute Gasteiger partial charge is 0.497 e. The van der Waals surface area contributed by atoms with Gasteiger partial charge in [0, 0.05) is 11.7 Å². The summed E-state index contributed by atoms with van der Waals surface area (Å²) in [6.07, 6.45) is 1.04. The lowest BCUT2D eigenvalue weighted by atomic mass is 9.79. The van der Waals surface area contributed by atoms with Gasteiger partial charge in [0.05, 0.1) is 12.0 Å². The highest BCUT2D eigenvalue weighted by Crippen LogP contribution is 2.13. The molecule has 0 aliphatic heterocycles. The van der Waals surface area contributed by atoms with Gasteiger partial charge in [-0.25, -0.2) is 8.42 Å². The Balaban J connectivity index is 0.000000873. The molecule has 0 saturated carbocycles. The molecule has 0 heterocycles. The molecule has 0 spiro atoms. The molecular weight excluding hydrogens is 262 g/mol. The zero-order chi connectivity index (χ0) is 14.3. The van der Waals surface area contributed by atoms with E-state index < -0.39 is 17.0 Å². The van der Waals surface area contributed by atoms with Crippen molar-refractivity contribution >= 4 is 30.1 Å². The lowest BCUT2D eigenvalue weighted by Gasteiger charge is -2.08. The van der Waals surface area contributed by atoms with Crippen LogP contribution in [0.25, 0.3) is 0 Å². The lowest BCUT2D eigenvalue weighted by molar-refractivity contribution is 0.403. The van der Waals surface area contributed by atoms with Crippen molar-refractivity contribution in [1.82, 2.24) is 0 Å². The van der Waals surface area contributed by atoms with Gasteiger partial charge in [0.25, 0.3) is 0 Å². The summed E-state index contributed by atoms with van der Waals surface area (Å²) in [6, 6.07) is 3.91. The van der Waals surface area contributed by atoms with Crippen molar-refractivity contribution in [3.05, 3.63) is 18.2 Å². The van der Waals surface area contributed by atoms with Gasteiger partial charge in [0.15, 0.2) is 9.84 Å². The summed E-state index contributed by atoms with van der Waals surface area (Å²) in [5.41, 5.74) is 0.0282. The number of sulfone groups is 1. The Kier molecular flexibility index (Phi) is 6.96. The molecular formula is C8H13B2O7S. The van der Waals surface area contributed by atoms with E-state index in [1.807, 2.05) is 0 Å². The van der Waals surface area contributed by atoms with Crippen LogP contribution in [0.3, 0.4) is 0 Å². The SMILES string of the molecule is COc1ccc(S(C)(=O)=O)cc1B(O)O.O[B]O. The molecule has 7 nitrogen and oxygen atoms in total. The summed E-state index contributed by atoms with van der Waals surface area (Å²) in [5.74, 6) is 0.234. The highest BCUT2D eigenvalue weighted by Gasteiger charge is 2.19. The molecule has 10 heteroatoms. The summed E-state index contributed by atoms with van der Waals surface area (Å²) in [6.45, 7) is 0. The van der Waals surface area contributed by atoms with Crippen LogP contribution in [-0.2, 0) is 9.84 Å². The van der Waals surface area contributed by atoms with Crippen molar-refractivity contribution in [2.45, 2.75) is 4.90 Å². The van der Waals surface area contributed by atoms with Gasteiger partial charge in [-0.3, -0.25) is 0 Å². The Morgan fingerprint density at radius 1 is 1.28 bits per heavy atom. The highest BCUT2D eigenvalue weighted by molar-refractivity contribution is 7.90. The van der Waals surface area contributed by atoms with E-state index in [0.717, 1.165) is 6.26 Å². The molecule has 0 aliphatic carbocycles. The molecule has 0 aromatic heterocycles. The predicted octanol–water partition coefficient (Wildman–Crippen LogP) is -2.72. The van der Waals surface area contributed by atoms with Gasteiger partial charge in [-0.1, -0.05) is 0 Å². The number of benzene rings is 1. The van der Waals surface area contributed by atoms with Gasteiger partial charge in [0.1, 0.15) is 5.75 Å². The number of methoxy groups -OCH3 is 1. The van der Waals surface area contributed by atoms with E-state index in [9.17, 15) is 8.42 Å². The zero-order valence-electron chi connectivity index (χ0n) is 9.81. The van der Waals surface area contributed by atoms with Crippen LogP contribution in [0.5, 0.6) is 5.75 Å². The Morgan fingerprint density at radius 3 is 2.11 bits per heavy atom. The van der Waals surface area contributed by atoms with Gasteiger partial charge in [-0.15, -0.1) is 0 Å². The van der Waals surface area contributed by atoms with Crippen molar-refractivity contribution in [3.63, 3.8) is 0 Å². The quantitative estimate of drug-likeness (QED) is 0.442. The van der Waals surface area contributed by atoms with Crippen LogP contribution >= 0.6 is 0 Å². The minimum absolute atomic E-state index is 0. The van der Waals surface area contributed by atoms with Crippen LogP contribution in [0.2, 0.25) is 0 Å². The fourth-order valence-electron chi connectivity index (χ4n) is 1.14. The van der Waals surface area contributed by atoms with Gasteiger partial charge < -0.3 is 24.8 Å². The Hall–Kier alpha value is -1.06. The van der Waals surface area contributed by atoms with Crippen LogP contribution in [-0.4, -0.2) is 56.7 Å². The first-order valence-corrected chi connectivity index (χ1v) is 6.51. The van der Waals surface area contributed by atoms with E-state index in [-0.39, 0.29) is 23.8 Å². The number of hydrogen-bond donors (Lipinski definition) is 4. The third-order valence-corrected chi connectivity index (χ3v) is 3.02. The maximum absolute atomic E-state index is 11.2. The smallest absolute Gasteiger partial charge is 0.492 e. The number of rotatable bonds is 3. The second-order valence-corrected chi connectivity index (χ2v) is 5.18. The molecule has 0 unspecified atom stereocenters. The van der Waals surface area contributed by atoms with Gasteiger partial charge >= 0.3 is 14.8 Å². The van der Waals surface area contributed by atoms with Gasteiger partial charge in [-0.2, -0.15) is 0 Å². The van der Waals surface area contributed by atoms with E-state index in [4.69, 9.17) is 24.8 Å². The summed E-state index contributed by atoms with van der Waals surface area (Å²) in [5, 5.41) is 32.0. The second-order valence-electron chi connectivity index (χ2n) is 3.17. The fraction of sp³-hybridized carbons (Fsp3) is 0.250. The van der Waals surface area contributed by atoms with Crippen molar-refractivity contribution in [2.75, 3.05) is 13.4 Å². The van der Waals surface area contributed by atoms with E-state index >= 15 is 0 Å². The average molecular weight is 275 g/mol. The first kappa shape index (κ1) is 16.9. The monoisotopic (exact) mass is 275 g/mol. The van der Waals surface area contributed by atoms with Crippen LogP contribution in [0.1, 0.15) is 0 Å². The standard InChI is InChI=1S/C8H11BO5S.BH2O2/c1-14-8-4-3-6(15(2,12)13)5-7(8)9(10)11;2-1-3/h3-5,10-11H,1-2H3;2-3H. The maximum Gasteiger partial charge on any atom is 0.492 e. The zero-order valence-corrected chi connectivity index (χ0v) is 10.6. The van der Waals surface area contributed by atoms with E-state index in [1.165, 1.54) is 25.3 Å². The van der Waals surface area contributed by atoms with Gasteiger partial charge in [0.2, 0.25) is 0 Å². The normalized spacial score (nSPS) is 10.1. The van der Waals surface area contributed by atoms with E-state index in [2.05, 4.69) is 0 Å². The van der Waals surface area contributed by atoms with Crippen LogP contribution in [0, 0.1) is 0 Å². The molecule has 4 N–H and O–H groups in total. The van der Waals surface area contributed by atoms with Crippen LogP contribution < -0.4 is 10.2 Å². The van der Waals surface area contributed by atoms with E-state index in [1.54, 1.807) is 0 Å². The average Bonchev–Trinajstić information content (AvgIpc) is 2.28. The molecule has 1 aromatic rings.